The second-order valence-electron chi connectivity index (χ2n) is 11.4. The Morgan fingerprint density at radius 3 is 2.12 bits per heavy atom. The SMILES string of the molecule is Cc1cccc(N(CCCC(=O)N(Cc2c(Cl)cccc2Cl)[C@H](Cc2ccccc2)C(=O)NC(C)(C)C)S(C)(=O)=O)c1. The summed E-state index contributed by atoms with van der Waals surface area (Å²) < 4.78 is 26.6. The third-order valence-electron chi connectivity index (χ3n) is 6.60. The summed E-state index contributed by atoms with van der Waals surface area (Å²) in [6, 6.07) is 20.9. The van der Waals surface area contributed by atoms with Crippen molar-refractivity contribution >= 4 is 50.7 Å². The minimum absolute atomic E-state index is 0.00793. The van der Waals surface area contributed by atoms with Crippen molar-refractivity contribution in [2.24, 2.45) is 0 Å². The standard InChI is InChI=1S/C32H39Cl2N3O4S/c1-23-12-9-15-25(20-23)37(42(5,40)41)19-11-18-30(38)36(22-26-27(33)16-10-17-28(26)34)29(31(39)35-32(2,3)4)21-24-13-7-6-8-14-24/h6-10,12-17,20,29H,11,18-19,21-22H2,1-5H3,(H,35,39)/t29-/m1/s1. The molecule has 1 atom stereocenters. The first-order chi connectivity index (χ1) is 19.7. The Morgan fingerprint density at radius 2 is 1.55 bits per heavy atom. The van der Waals surface area contributed by atoms with Crippen molar-refractivity contribution < 1.29 is 18.0 Å². The summed E-state index contributed by atoms with van der Waals surface area (Å²) in [7, 11) is -3.59. The molecule has 0 aliphatic carbocycles. The van der Waals surface area contributed by atoms with Crippen LogP contribution in [0, 0.1) is 6.92 Å². The molecule has 0 fully saturated rings. The Morgan fingerprint density at radius 1 is 0.929 bits per heavy atom. The number of carbonyl (C=O) groups excluding carboxylic acids is 2. The van der Waals surface area contributed by atoms with Gasteiger partial charge in [-0.3, -0.25) is 13.9 Å². The fourth-order valence-corrected chi connectivity index (χ4v) is 6.12. The van der Waals surface area contributed by atoms with E-state index in [1.807, 2.05) is 64.1 Å². The Bertz CT molecular complexity index is 1470. The highest BCUT2D eigenvalue weighted by molar-refractivity contribution is 7.92. The Kier molecular flexibility index (Phi) is 11.5. The molecule has 0 aliphatic heterocycles. The van der Waals surface area contributed by atoms with Gasteiger partial charge in [-0.05, 0) is 69.5 Å². The molecule has 3 rings (SSSR count). The fraction of sp³-hybridized carbons (Fsp3) is 0.375. The van der Waals surface area contributed by atoms with Crippen LogP contribution < -0.4 is 9.62 Å². The number of carbonyl (C=O) groups is 2. The van der Waals surface area contributed by atoms with Gasteiger partial charge in [-0.25, -0.2) is 8.42 Å². The van der Waals surface area contributed by atoms with Crippen molar-refractivity contribution in [3.63, 3.8) is 0 Å². The van der Waals surface area contributed by atoms with Crippen molar-refractivity contribution in [3.8, 4) is 0 Å². The molecule has 2 amide bonds. The van der Waals surface area contributed by atoms with Crippen LogP contribution in [0.3, 0.4) is 0 Å². The average Bonchev–Trinajstić information content (AvgIpc) is 2.88. The number of benzene rings is 3. The van der Waals surface area contributed by atoms with Crippen LogP contribution in [0.25, 0.3) is 0 Å². The van der Waals surface area contributed by atoms with Crippen molar-refractivity contribution in [3.05, 3.63) is 99.5 Å². The van der Waals surface area contributed by atoms with Crippen molar-refractivity contribution in [2.75, 3.05) is 17.1 Å². The molecule has 3 aromatic carbocycles. The summed E-state index contributed by atoms with van der Waals surface area (Å²) in [4.78, 5) is 29.2. The number of nitrogens with zero attached hydrogens (tertiary/aromatic N) is 2. The van der Waals surface area contributed by atoms with Gasteiger partial charge < -0.3 is 10.2 Å². The summed E-state index contributed by atoms with van der Waals surface area (Å²) in [5.74, 6) is -0.617. The van der Waals surface area contributed by atoms with E-state index in [0.717, 1.165) is 17.4 Å². The lowest BCUT2D eigenvalue weighted by Gasteiger charge is -2.34. The van der Waals surface area contributed by atoms with E-state index in [0.29, 0.717) is 21.3 Å². The van der Waals surface area contributed by atoms with E-state index in [1.54, 1.807) is 36.4 Å². The molecular weight excluding hydrogens is 593 g/mol. The van der Waals surface area contributed by atoms with Gasteiger partial charge in [0.25, 0.3) is 0 Å². The van der Waals surface area contributed by atoms with Gasteiger partial charge in [-0.1, -0.05) is 71.7 Å². The number of hydrogen-bond acceptors (Lipinski definition) is 4. The Hall–Kier alpha value is -3.07. The van der Waals surface area contributed by atoms with Crippen LogP contribution in [0.5, 0.6) is 0 Å². The lowest BCUT2D eigenvalue weighted by molar-refractivity contribution is -0.142. The zero-order valence-electron chi connectivity index (χ0n) is 24.7. The molecule has 0 heterocycles. The second-order valence-corrected chi connectivity index (χ2v) is 14.2. The van der Waals surface area contributed by atoms with Crippen LogP contribution in [0.4, 0.5) is 5.69 Å². The molecule has 0 bridgehead atoms. The minimum Gasteiger partial charge on any atom is -0.350 e. The van der Waals surface area contributed by atoms with Gasteiger partial charge in [-0.15, -0.1) is 0 Å². The fourth-order valence-electron chi connectivity index (χ4n) is 4.65. The lowest BCUT2D eigenvalue weighted by atomic mass is 10.00. The van der Waals surface area contributed by atoms with Crippen LogP contribution in [0.2, 0.25) is 10.0 Å². The summed E-state index contributed by atoms with van der Waals surface area (Å²) in [5, 5.41) is 3.80. The molecular formula is C32H39Cl2N3O4S. The summed E-state index contributed by atoms with van der Waals surface area (Å²) >= 11 is 13.0. The van der Waals surface area contributed by atoms with E-state index in [2.05, 4.69) is 5.32 Å². The number of hydrogen-bond donors (Lipinski definition) is 1. The molecule has 42 heavy (non-hydrogen) atoms. The Balaban J connectivity index is 1.95. The predicted molar refractivity (Wildman–Crippen MR) is 171 cm³/mol. The topological polar surface area (TPSA) is 86.8 Å². The largest absolute Gasteiger partial charge is 0.350 e. The van der Waals surface area contributed by atoms with Crippen molar-refractivity contribution in [2.45, 2.75) is 65.1 Å². The van der Waals surface area contributed by atoms with E-state index in [-0.39, 0.29) is 44.2 Å². The Labute approximate surface area is 259 Å². The maximum atomic E-state index is 14.0. The molecule has 0 spiro atoms. The van der Waals surface area contributed by atoms with Crippen LogP contribution >= 0.6 is 23.2 Å². The number of sulfonamides is 1. The van der Waals surface area contributed by atoms with E-state index in [1.165, 1.54) is 9.21 Å². The van der Waals surface area contributed by atoms with Gasteiger partial charge in [-0.2, -0.15) is 0 Å². The number of rotatable bonds is 12. The monoisotopic (exact) mass is 631 g/mol. The first-order valence-electron chi connectivity index (χ1n) is 13.8. The van der Waals surface area contributed by atoms with E-state index >= 15 is 0 Å². The van der Waals surface area contributed by atoms with E-state index in [9.17, 15) is 18.0 Å². The van der Waals surface area contributed by atoms with Crippen LogP contribution in [-0.2, 0) is 32.6 Å². The number of aryl methyl sites for hydroxylation is 1. The molecule has 0 radical (unpaired) electrons. The maximum Gasteiger partial charge on any atom is 0.243 e. The minimum atomic E-state index is -3.59. The van der Waals surface area contributed by atoms with Gasteiger partial charge in [0, 0.05) is 47.1 Å². The first-order valence-corrected chi connectivity index (χ1v) is 16.4. The van der Waals surface area contributed by atoms with Gasteiger partial charge in [0.2, 0.25) is 21.8 Å². The molecule has 0 saturated carbocycles. The van der Waals surface area contributed by atoms with Crippen molar-refractivity contribution in [1.29, 1.82) is 0 Å². The zero-order valence-corrected chi connectivity index (χ0v) is 27.1. The highest BCUT2D eigenvalue weighted by atomic mass is 35.5. The predicted octanol–water partition coefficient (Wildman–Crippen LogP) is 6.40. The summed E-state index contributed by atoms with van der Waals surface area (Å²) in [6.07, 6.45) is 1.67. The smallest absolute Gasteiger partial charge is 0.243 e. The van der Waals surface area contributed by atoms with E-state index < -0.39 is 21.6 Å². The molecule has 0 aromatic heterocycles. The molecule has 10 heteroatoms. The molecule has 1 N–H and O–H groups in total. The molecule has 0 aliphatic rings. The van der Waals surface area contributed by atoms with Gasteiger partial charge in [0.1, 0.15) is 6.04 Å². The maximum absolute atomic E-state index is 14.0. The first kappa shape index (κ1) is 33.4. The lowest BCUT2D eigenvalue weighted by Crippen LogP contribution is -2.54. The van der Waals surface area contributed by atoms with E-state index in [4.69, 9.17) is 23.2 Å². The highest BCUT2D eigenvalue weighted by Gasteiger charge is 2.33. The molecule has 0 unspecified atom stereocenters. The normalized spacial score (nSPS) is 12.5. The van der Waals surface area contributed by atoms with Crippen molar-refractivity contribution in [1.82, 2.24) is 10.2 Å². The number of halogens is 2. The van der Waals surface area contributed by atoms with Crippen LogP contribution in [0.15, 0.2) is 72.8 Å². The molecule has 7 nitrogen and oxygen atoms in total. The van der Waals surface area contributed by atoms with Gasteiger partial charge in [0.05, 0.1) is 11.9 Å². The molecule has 3 aromatic rings. The zero-order chi connectivity index (χ0) is 31.1. The van der Waals surface area contributed by atoms with Crippen LogP contribution in [-0.4, -0.2) is 49.5 Å². The molecule has 0 saturated heterocycles. The average molecular weight is 633 g/mol. The van der Waals surface area contributed by atoms with Gasteiger partial charge in [0.15, 0.2) is 0 Å². The quantitative estimate of drug-likeness (QED) is 0.250. The number of nitrogens with one attached hydrogen (secondary N) is 1. The van der Waals surface area contributed by atoms with Crippen LogP contribution in [0.1, 0.15) is 50.3 Å². The second kappa shape index (κ2) is 14.4. The summed E-state index contributed by atoms with van der Waals surface area (Å²) in [5.41, 5.74) is 2.35. The third kappa shape index (κ3) is 9.75. The summed E-state index contributed by atoms with van der Waals surface area (Å²) in [6.45, 7) is 7.65. The molecule has 226 valence electrons. The number of anilines is 1. The highest BCUT2D eigenvalue weighted by Crippen LogP contribution is 2.28. The number of amides is 2. The van der Waals surface area contributed by atoms with Gasteiger partial charge >= 0.3 is 0 Å². The third-order valence-corrected chi connectivity index (χ3v) is 8.50.